The molecule has 0 radical (unpaired) electrons. The highest BCUT2D eigenvalue weighted by atomic mass is 35.6. The minimum absolute atomic E-state index is 0.0937. The summed E-state index contributed by atoms with van der Waals surface area (Å²) in [5.74, 6) is 0. The Balaban J connectivity index is 3.18. The van der Waals surface area contributed by atoms with Gasteiger partial charge in [-0.25, -0.2) is 0 Å². The Morgan fingerprint density at radius 2 is 2.08 bits per heavy atom. The third-order valence-corrected chi connectivity index (χ3v) is 2.07. The summed E-state index contributed by atoms with van der Waals surface area (Å²) in [5, 5.41) is 10.4. The van der Waals surface area contributed by atoms with Crippen molar-refractivity contribution in [3.63, 3.8) is 0 Å². The van der Waals surface area contributed by atoms with Gasteiger partial charge in [-0.1, -0.05) is 34.8 Å². The minimum Gasteiger partial charge on any atom is -0.345 e. The molecule has 0 saturated carbocycles. The number of nitro groups is 1. The van der Waals surface area contributed by atoms with Crippen molar-refractivity contribution < 1.29 is 4.92 Å². The van der Waals surface area contributed by atoms with E-state index >= 15 is 0 Å². The minimum atomic E-state index is -1.64. The third-order valence-electron chi connectivity index (χ3n) is 1.49. The highest BCUT2D eigenvalue weighted by Gasteiger charge is 2.28. The molecule has 0 amide bonds. The molecule has 13 heavy (non-hydrogen) atoms. The Bertz CT molecular complexity index is 342. The van der Waals surface area contributed by atoms with Crippen molar-refractivity contribution in [3.05, 3.63) is 28.1 Å². The summed E-state index contributed by atoms with van der Waals surface area (Å²) in [4.78, 5) is 9.81. The topological polar surface area (TPSA) is 48.1 Å². The van der Waals surface area contributed by atoms with E-state index in [0.717, 1.165) is 0 Å². The fraction of sp³-hybridized carbons (Fsp3) is 0.333. The first kappa shape index (κ1) is 10.6. The van der Waals surface area contributed by atoms with Gasteiger partial charge >= 0.3 is 0 Å². The van der Waals surface area contributed by atoms with E-state index in [-0.39, 0.29) is 11.4 Å². The van der Waals surface area contributed by atoms with Crippen molar-refractivity contribution in [2.24, 2.45) is 7.05 Å². The molecular formula is C6H5Cl3N2O2. The van der Waals surface area contributed by atoms with Crippen molar-refractivity contribution in [1.82, 2.24) is 4.57 Å². The van der Waals surface area contributed by atoms with Crippen LogP contribution in [0.1, 0.15) is 5.69 Å². The van der Waals surface area contributed by atoms with Crippen molar-refractivity contribution >= 4 is 40.5 Å². The van der Waals surface area contributed by atoms with E-state index in [4.69, 9.17) is 34.8 Å². The second-order valence-electron chi connectivity index (χ2n) is 2.45. The number of aryl methyl sites for hydroxylation is 1. The predicted molar refractivity (Wildman–Crippen MR) is 51.3 cm³/mol. The van der Waals surface area contributed by atoms with Crippen molar-refractivity contribution in [3.8, 4) is 0 Å². The number of alkyl halides is 3. The number of hydrogen-bond acceptors (Lipinski definition) is 2. The number of nitrogens with zero attached hydrogens (tertiary/aromatic N) is 2. The molecule has 1 aromatic heterocycles. The lowest BCUT2D eigenvalue weighted by Crippen LogP contribution is -2.05. The lowest BCUT2D eigenvalue weighted by molar-refractivity contribution is -0.384. The standard InChI is InChI=1S/C6H5Cl3N2O2/c1-10-3-4(11(12)13)2-5(10)6(7,8)9/h2-3H,1H3. The van der Waals surface area contributed by atoms with Crippen LogP contribution >= 0.6 is 34.8 Å². The molecule has 1 heterocycles. The quantitative estimate of drug-likeness (QED) is 0.432. The largest absolute Gasteiger partial charge is 0.345 e. The number of aromatic nitrogens is 1. The van der Waals surface area contributed by atoms with Gasteiger partial charge < -0.3 is 4.57 Å². The van der Waals surface area contributed by atoms with E-state index in [1.807, 2.05) is 0 Å². The van der Waals surface area contributed by atoms with Gasteiger partial charge in [0.15, 0.2) is 0 Å². The molecule has 0 unspecified atom stereocenters. The second kappa shape index (κ2) is 3.36. The van der Waals surface area contributed by atoms with E-state index in [9.17, 15) is 10.1 Å². The van der Waals surface area contributed by atoms with Gasteiger partial charge in [-0.3, -0.25) is 10.1 Å². The van der Waals surface area contributed by atoms with Crippen LogP contribution in [-0.2, 0) is 10.8 Å². The average molecular weight is 243 g/mol. The molecule has 4 nitrogen and oxygen atoms in total. The molecule has 0 fully saturated rings. The number of rotatable bonds is 1. The first-order chi connectivity index (χ1) is 5.82. The SMILES string of the molecule is Cn1cc([N+](=O)[O-])cc1C(Cl)(Cl)Cl. The fourth-order valence-electron chi connectivity index (χ4n) is 0.929. The molecule has 72 valence electrons. The van der Waals surface area contributed by atoms with Crippen LogP contribution in [0.2, 0.25) is 0 Å². The van der Waals surface area contributed by atoms with Crippen LogP contribution < -0.4 is 0 Å². The van der Waals surface area contributed by atoms with E-state index in [2.05, 4.69) is 0 Å². The molecule has 0 aliphatic rings. The maximum atomic E-state index is 10.4. The van der Waals surface area contributed by atoms with Gasteiger partial charge in [-0.15, -0.1) is 0 Å². The Hall–Kier alpha value is -0.450. The van der Waals surface area contributed by atoms with Crippen LogP contribution in [0.3, 0.4) is 0 Å². The van der Waals surface area contributed by atoms with Gasteiger partial charge in [0.25, 0.3) is 5.69 Å². The summed E-state index contributed by atoms with van der Waals surface area (Å²) in [7, 11) is 1.57. The molecule has 0 atom stereocenters. The molecule has 0 saturated heterocycles. The van der Waals surface area contributed by atoms with Crippen LogP contribution in [0.15, 0.2) is 12.3 Å². The molecule has 1 aromatic rings. The summed E-state index contributed by atoms with van der Waals surface area (Å²) >= 11 is 16.7. The monoisotopic (exact) mass is 242 g/mol. The molecule has 0 aliphatic carbocycles. The summed E-state index contributed by atoms with van der Waals surface area (Å²) in [5.41, 5.74) is 0.174. The third kappa shape index (κ3) is 2.27. The van der Waals surface area contributed by atoms with Crippen LogP contribution in [0.25, 0.3) is 0 Å². The molecule has 0 spiro atoms. The molecule has 7 heteroatoms. The Morgan fingerprint density at radius 1 is 1.54 bits per heavy atom. The van der Waals surface area contributed by atoms with Gasteiger partial charge in [-0.2, -0.15) is 0 Å². The normalized spacial score (nSPS) is 11.7. The van der Waals surface area contributed by atoms with E-state index < -0.39 is 8.72 Å². The smallest absolute Gasteiger partial charge is 0.287 e. The summed E-state index contributed by atoms with van der Waals surface area (Å²) in [6.45, 7) is 0. The first-order valence-corrected chi connectivity index (χ1v) is 4.33. The molecule has 0 aromatic carbocycles. The maximum Gasteiger partial charge on any atom is 0.287 e. The Morgan fingerprint density at radius 3 is 2.31 bits per heavy atom. The zero-order valence-electron chi connectivity index (χ0n) is 6.50. The zero-order valence-corrected chi connectivity index (χ0v) is 8.77. The molecule has 0 N–H and O–H groups in total. The molecular weight excluding hydrogens is 238 g/mol. The highest BCUT2D eigenvalue weighted by molar-refractivity contribution is 6.66. The van der Waals surface area contributed by atoms with Gasteiger partial charge in [0.2, 0.25) is 3.79 Å². The summed E-state index contributed by atoms with van der Waals surface area (Å²) < 4.78 is -0.228. The van der Waals surface area contributed by atoms with Gasteiger partial charge in [0, 0.05) is 13.1 Å². The Labute approximate surface area is 89.1 Å². The van der Waals surface area contributed by atoms with Gasteiger partial charge in [0.05, 0.1) is 16.8 Å². The average Bonchev–Trinajstić information content (AvgIpc) is 2.29. The van der Waals surface area contributed by atoms with Crippen LogP contribution in [0, 0.1) is 10.1 Å². The highest BCUT2D eigenvalue weighted by Crippen LogP contribution is 2.39. The van der Waals surface area contributed by atoms with Crippen molar-refractivity contribution in [2.45, 2.75) is 3.79 Å². The predicted octanol–water partition coefficient (Wildman–Crippen LogP) is 2.76. The van der Waals surface area contributed by atoms with Crippen LogP contribution in [-0.4, -0.2) is 9.49 Å². The van der Waals surface area contributed by atoms with Crippen molar-refractivity contribution in [2.75, 3.05) is 0 Å². The molecule has 1 rings (SSSR count). The Kier molecular flexibility index (Phi) is 2.75. The van der Waals surface area contributed by atoms with E-state index in [0.29, 0.717) is 0 Å². The van der Waals surface area contributed by atoms with E-state index in [1.165, 1.54) is 16.8 Å². The summed E-state index contributed by atoms with van der Waals surface area (Å²) in [6.07, 6.45) is 1.29. The van der Waals surface area contributed by atoms with E-state index in [1.54, 1.807) is 7.05 Å². The summed E-state index contributed by atoms with van der Waals surface area (Å²) in [6, 6.07) is 1.23. The van der Waals surface area contributed by atoms with Crippen LogP contribution in [0.4, 0.5) is 5.69 Å². The molecule has 0 aliphatic heterocycles. The molecule has 0 bridgehead atoms. The zero-order chi connectivity index (χ0) is 10.2. The van der Waals surface area contributed by atoms with Crippen LogP contribution in [0.5, 0.6) is 0 Å². The van der Waals surface area contributed by atoms with Gasteiger partial charge in [-0.05, 0) is 0 Å². The van der Waals surface area contributed by atoms with Gasteiger partial charge in [0.1, 0.15) is 0 Å². The lowest BCUT2D eigenvalue weighted by Gasteiger charge is -2.10. The first-order valence-electron chi connectivity index (χ1n) is 3.20. The number of hydrogen-bond donors (Lipinski definition) is 0. The van der Waals surface area contributed by atoms with Crippen molar-refractivity contribution in [1.29, 1.82) is 0 Å². The lowest BCUT2D eigenvalue weighted by atomic mass is 10.4. The fourth-order valence-corrected chi connectivity index (χ4v) is 1.49. The maximum absolute atomic E-state index is 10.4. The second-order valence-corrected chi connectivity index (χ2v) is 4.73. The number of halogens is 3.